The van der Waals surface area contributed by atoms with E-state index in [1.54, 1.807) is 59.6 Å². The number of aliphatic hydroxyl groups is 1. The highest BCUT2D eigenvalue weighted by Gasteiger charge is 2.23. The van der Waals surface area contributed by atoms with Crippen LogP contribution in [0.25, 0.3) is 0 Å². The number of urea groups is 1. The van der Waals surface area contributed by atoms with Crippen LogP contribution in [0.15, 0.2) is 66.9 Å². The number of hydrogen-bond acceptors (Lipinski definition) is 3. The summed E-state index contributed by atoms with van der Waals surface area (Å²) in [6.07, 6.45) is 1.50. The number of H-pyrrole nitrogens is 1. The van der Waals surface area contributed by atoms with E-state index in [1.807, 2.05) is 26.0 Å². The SMILES string of the molecule is CC[C@@H](C)N(C[C@@H](O)c1ccc(Cl)c(Cl)c1)C(=O)Nc1ccc(CNC(=O)c2cccc[nH+]2)cc1. The van der Waals surface area contributed by atoms with Gasteiger partial charge in [0.25, 0.3) is 5.69 Å². The first-order valence-corrected chi connectivity index (χ1v) is 12.1. The molecule has 0 bridgehead atoms. The second kappa shape index (κ2) is 12.5. The molecule has 0 spiro atoms. The Kier molecular flexibility index (Phi) is 9.48. The fraction of sp³-hybridized carbons (Fsp3) is 0.269. The van der Waals surface area contributed by atoms with Gasteiger partial charge in [0.1, 0.15) is 0 Å². The summed E-state index contributed by atoms with van der Waals surface area (Å²) >= 11 is 12.0. The van der Waals surface area contributed by atoms with E-state index in [2.05, 4.69) is 15.6 Å². The van der Waals surface area contributed by atoms with E-state index < -0.39 is 6.10 Å². The molecular weight excluding hydrogens is 487 g/mol. The van der Waals surface area contributed by atoms with Gasteiger partial charge in [-0.2, -0.15) is 0 Å². The van der Waals surface area contributed by atoms with E-state index in [0.29, 0.717) is 33.5 Å². The van der Waals surface area contributed by atoms with Gasteiger partial charge >= 0.3 is 11.9 Å². The smallest absolute Gasteiger partial charge is 0.322 e. The third-order valence-corrected chi connectivity index (χ3v) is 6.43. The predicted octanol–water partition coefficient (Wildman–Crippen LogP) is 5.10. The molecule has 0 fully saturated rings. The van der Waals surface area contributed by atoms with Gasteiger partial charge in [-0.25, -0.2) is 9.78 Å². The number of aromatic nitrogens is 1. The van der Waals surface area contributed by atoms with Crippen molar-refractivity contribution in [3.05, 3.63) is 93.7 Å². The summed E-state index contributed by atoms with van der Waals surface area (Å²) in [4.78, 5) is 29.7. The quantitative estimate of drug-likeness (QED) is 0.369. The second-order valence-corrected chi connectivity index (χ2v) is 9.00. The van der Waals surface area contributed by atoms with Gasteiger partial charge in [-0.1, -0.05) is 48.3 Å². The number of nitrogens with one attached hydrogen (secondary N) is 3. The van der Waals surface area contributed by atoms with Crippen molar-refractivity contribution in [2.45, 2.75) is 39.0 Å². The Morgan fingerprint density at radius 2 is 1.80 bits per heavy atom. The van der Waals surface area contributed by atoms with Gasteiger partial charge in [-0.3, -0.25) is 4.79 Å². The third-order valence-electron chi connectivity index (χ3n) is 5.69. The van der Waals surface area contributed by atoms with Crippen molar-refractivity contribution in [3.8, 4) is 0 Å². The average Bonchev–Trinajstić information content (AvgIpc) is 2.88. The fourth-order valence-electron chi connectivity index (χ4n) is 3.41. The molecule has 1 aromatic heterocycles. The molecule has 2 atom stereocenters. The molecule has 0 unspecified atom stereocenters. The summed E-state index contributed by atoms with van der Waals surface area (Å²) in [6.45, 7) is 4.36. The summed E-state index contributed by atoms with van der Waals surface area (Å²) in [5, 5.41) is 17.2. The Morgan fingerprint density at radius 1 is 1.06 bits per heavy atom. The molecule has 3 aromatic rings. The zero-order chi connectivity index (χ0) is 25.4. The minimum Gasteiger partial charge on any atom is -0.387 e. The molecule has 4 N–H and O–H groups in total. The van der Waals surface area contributed by atoms with Crippen LogP contribution in [0.5, 0.6) is 0 Å². The molecule has 0 aliphatic carbocycles. The van der Waals surface area contributed by atoms with Gasteiger partial charge in [-0.15, -0.1) is 0 Å². The van der Waals surface area contributed by atoms with Crippen LogP contribution in [0, 0.1) is 0 Å². The van der Waals surface area contributed by atoms with Gasteiger partial charge in [0.15, 0.2) is 6.20 Å². The van der Waals surface area contributed by atoms with Gasteiger partial charge in [-0.05, 0) is 54.8 Å². The zero-order valence-corrected chi connectivity index (χ0v) is 21.1. The number of nitrogens with zero attached hydrogens (tertiary/aromatic N) is 1. The number of carbonyl (C=O) groups is 2. The number of carbonyl (C=O) groups excluding carboxylic acids is 2. The number of halogens is 2. The van der Waals surface area contributed by atoms with E-state index in [-0.39, 0.29) is 24.5 Å². The van der Waals surface area contributed by atoms with Gasteiger partial charge < -0.3 is 20.6 Å². The molecule has 3 amide bonds. The summed E-state index contributed by atoms with van der Waals surface area (Å²) < 4.78 is 0. The molecule has 3 rings (SSSR count). The molecule has 7 nitrogen and oxygen atoms in total. The van der Waals surface area contributed by atoms with Gasteiger partial charge in [0.2, 0.25) is 0 Å². The molecule has 2 aromatic carbocycles. The van der Waals surface area contributed by atoms with Gasteiger partial charge in [0, 0.05) is 30.4 Å². The number of aliphatic hydroxyl groups excluding tert-OH is 1. The lowest BCUT2D eigenvalue weighted by Crippen LogP contribution is -2.43. The lowest BCUT2D eigenvalue weighted by Gasteiger charge is -2.31. The number of anilines is 1. The average molecular weight is 516 g/mol. The van der Waals surface area contributed by atoms with E-state index in [4.69, 9.17) is 23.2 Å². The monoisotopic (exact) mass is 515 g/mol. The Hall–Kier alpha value is -3.13. The third kappa shape index (κ3) is 7.42. The number of benzene rings is 2. The van der Waals surface area contributed by atoms with Crippen molar-refractivity contribution >= 4 is 40.8 Å². The van der Waals surface area contributed by atoms with Crippen LogP contribution in [0.3, 0.4) is 0 Å². The van der Waals surface area contributed by atoms with Crippen molar-refractivity contribution < 1.29 is 19.7 Å². The summed E-state index contributed by atoms with van der Waals surface area (Å²) in [5.41, 5.74) is 2.56. The standard InChI is InChI=1S/C26H28Cl2N4O3/c1-3-17(2)32(16-24(33)19-9-12-21(27)22(28)14-19)26(35)31-20-10-7-18(8-11-20)15-30-25(34)23-6-4-5-13-29-23/h4-14,17,24,33H,3,15-16H2,1-2H3,(H,30,34)(H,31,35)/p+1/t17-,24-/m1/s1. The summed E-state index contributed by atoms with van der Waals surface area (Å²) in [5.74, 6) is -0.201. The van der Waals surface area contributed by atoms with Crippen LogP contribution in [-0.2, 0) is 6.54 Å². The lowest BCUT2D eigenvalue weighted by molar-refractivity contribution is -0.382. The van der Waals surface area contributed by atoms with Crippen LogP contribution in [0.1, 0.15) is 48.0 Å². The van der Waals surface area contributed by atoms with Crippen molar-refractivity contribution in [1.82, 2.24) is 10.2 Å². The zero-order valence-electron chi connectivity index (χ0n) is 19.6. The maximum absolute atomic E-state index is 13.1. The van der Waals surface area contributed by atoms with E-state index in [0.717, 1.165) is 12.0 Å². The molecule has 0 radical (unpaired) electrons. The summed E-state index contributed by atoms with van der Waals surface area (Å²) in [6, 6.07) is 17.0. The molecule has 184 valence electrons. The molecule has 0 aliphatic heterocycles. The predicted molar refractivity (Wildman–Crippen MR) is 138 cm³/mol. The van der Waals surface area contributed by atoms with Crippen molar-refractivity contribution in [3.63, 3.8) is 0 Å². The van der Waals surface area contributed by atoms with Crippen LogP contribution >= 0.6 is 23.2 Å². The number of hydrogen-bond donors (Lipinski definition) is 3. The fourth-order valence-corrected chi connectivity index (χ4v) is 3.71. The Balaban J connectivity index is 1.60. The Morgan fingerprint density at radius 3 is 2.43 bits per heavy atom. The number of aromatic amines is 1. The highest BCUT2D eigenvalue weighted by Crippen LogP contribution is 2.26. The first-order chi connectivity index (χ1) is 16.8. The molecule has 1 heterocycles. The van der Waals surface area contributed by atoms with E-state index >= 15 is 0 Å². The molecule has 0 saturated heterocycles. The van der Waals surface area contributed by atoms with Crippen LogP contribution in [0.2, 0.25) is 10.0 Å². The highest BCUT2D eigenvalue weighted by molar-refractivity contribution is 6.42. The number of rotatable bonds is 9. The molecular formula is C26H29Cl2N4O3+. The van der Waals surface area contributed by atoms with Crippen LogP contribution in [-0.4, -0.2) is 34.5 Å². The Labute approximate surface area is 215 Å². The van der Waals surface area contributed by atoms with Crippen molar-refractivity contribution in [2.24, 2.45) is 0 Å². The largest absolute Gasteiger partial charge is 0.387 e. The minimum atomic E-state index is -0.919. The minimum absolute atomic E-state index is 0.0966. The maximum atomic E-state index is 13.1. The molecule has 0 saturated carbocycles. The molecule has 35 heavy (non-hydrogen) atoms. The van der Waals surface area contributed by atoms with Crippen LogP contribution < -0.4 is 15.6 Å². The van der Waals surface area contributed by atoms with Crippen LogP contribution in [0.4, 0.5) is 10.5 Å². The van der Waals surface area contributed by atoms with E-state index in [1.165, 1.54) is 0 Å². The van der Waals surface area contributed by atoms with Gasteiger partial charge in [0.05, 0.1) is 22.7 Å². The second-order valence-electron chi connectivity index (χ2n) is 8.18. The summed E-state index contributed by atoms with van der Waals surface area (Å²) in [7, 11) is 0. The molecule has 9 heteroatoms. The normalized spacial score (nSPS) is 12.5. The highest BCUT2D eigenvalue weighted by atomic mass is 35.5. The topological polar surface area (TPSA) is 95.8 Å². The Bertz CT molecular complexity index is 1140. The first-order valence-electron chi connectivity index (χ1n) is 11.3. The first kappa shape index (κ1) is 26.5. The van der Waals surface area contributed by atoms with E-state index in [9.17, 15) is 14.7 Å². The maximum Gasteiger partial charge on any atom is 0.322 e. The molecule has 0 aliphatic rings. The number of amides is 3. The number of pyridine rings is 1. The van der Waals surface area contributed by atoms with Crippen molar-refractivity contribution in [1.29, 1.82) is 0 Å². The van der Waals surface area contributed by atoms with Crippen molar-refractivity contribution in [2.75, 3.05) is 11.9 Å². The lowest BCUT2D eigenvalue weighted by atomic mass is 10.1.